The van der Waals surface area contributed by atoms with Crippen molar-refractivity contribution in [2.24, 2.45) is 16.2 Å². The number of sulfonamides is 1. The van der Waals surface area contributed by atoms with E-state index in [0.29, 0.717) is 10.7 Å². The van der Waals surface area contributed by atoms with Crippen molar-refractivity contribution < 1.29 is 39.6 Å². The van der Waals surface area contributed by atoms with Crippen LogP contribution in [0.4, 0.5) is 26.3 Å². The van der Waals surface area contributed by atoms with Crippen LogP contribution < -0.4 is 16.3 Å². The first-order chi connectivity index (χ1) is 26.3. The average molecular weight is 843 g/mol. The van der Waals surface area contributed by atoms with Crippen LogP contribution in [0.25, 0.3) is 16.7 Å². The lowest BCUT2D eigenvalue weighted by Gasteiger charge is -2.31. The summed E-state index contributed by atoms with van der Waals surface area (Å²) in [7, 11) is -2.43. The van der Waals surface area contributed by atoms with E-state index in [9.17, 15) is 35.6 Å². The van der Waals surface area contributed by atoms with Crippen LogP contribution in [0.5, 0.6) is 0 Å². The molecule has 4 aliphatic rings. The lowest BCUT2D eigenvalue weighted by atomic mass is 9.91. The van der Waals surface area contributed by atoms with E-state index in [1.807, 2.05) is 0 Å². The van der Waals surface area contributed by atoms with Crippen molar-refractivity contribution in [3.8, 4) is 0 Å². The average Bonchev–Trinajstić information content (AvgIpc) is 3.63. The van der Waals surface area contributed by atoms with Gasteiger partial charge in [0, 0.05) is 41.7 Å². The maximum absolute atomic E-state index is 15.4. The SMILES string of the molecule is CN1NC(=NS(C)(=O)=O)C2C(Cl)=CC=C(n3c([C@H](Cc4cc(F)cc(F)c4)NC(=O)Cn4nc(C(F)F)c5c4C(F)(F)[C@@H]4C[C@H]54)nc4nc(Cl)ccc4c3=O)C21. The number of alkyl halides is 4. The number of hydrogen-bond donors (Lipinski definition) is 2. The van der Waals surface area contributed by atoms with Gasteiger partial charge in [0.05, 0.1) is 29.6 Å². The first-order valence-electron chi connectivity index (χ1n) is 16.8. The van der Waals surface area contributed by atoms with E-state index in [4.69, 9.17) is 23.2 Å². The maximum Gasteiger partial charge on any atom is 0.293 e. The highest BCUT2D eigenvalue weighted by Gasteiger charge is 2.67. The van der Waals surface area contributed by atoms with Crippen LogP contribution in [0, 0.1) is 23.5 Å². The number of halogens is 8. The molecule has 2 N–H and O–H groups in total. The fraction of sp³-hybridized carbons (Fsp3) is 0.353. The quantitative estimate of drug-likeness (QED) is 0.176. The van der Waals surface area contributed by atoms with Gasteiger partial charge >= 0.3 is 0 Å². The number of amidine groups is 1. The summed E-state index contributed by atoms with van der Waals surface area (Å²) < 4.78 is 118. The molecule has 1 aliphatic heterocycles. The third-order valence-electron chi connectivity index (χ3n) is 10.0. The molecule has 5 atom stereocenters. The second-order valence-corrected chi connectivity index (χ2v) is 16.4. The van der Waals surface area contributed by atoms with E-state index in [1.165, 1.54) is 36.3 Å². The normalized spacial score (nSPS) is 23.7. The lowest BCUT2D eigenvalue weighted by molar-refractivity contribution is -0.123. The molecule has 4 heterocycles. The Morgan fingerprint density at radius 1 is 1.12 bits per heavy atom. The summed E-state index contributed by atoms with van der Waals surface area (Å²) >= 11 is 12.8. The molecule has 13 nitrogen and oxygen atoms in total. The number of carbonyl (C=O) groups is 1. The predicted molar refractivity (Wildman–Crippen MR) is 190 cm³/mol. The molecule has 8 rings (SSSR count). The summed E-state index contributed by atoms with van der Waals surface area (Å²) in [4.78, 5) is 37.2. The van der Waals surface area contributed by atoms with Crippen molar-refractivity contribution in [3.05, 3.63) is 103 Å². The number of aromatic nitrogens is 5. The smallest absolute Gasteiger partial charge is 0.293 e. The Kier molecular flexibility index (Phi) is 9.13. The predicted octanol–water partition coefficient (Wildman–Crippen LogP) is 4.94. The number of nitrogens with one attached hydrogen (secondary N) is 2. The van der Waals surface area contributed by atoms with E-state index < -0.39 is 99.7 Å². The van der Waals surface area contributed by atoms with Crippen LogP contribution >= 0.6 is 23.2 Å². The number of nitrogens with zero attached hydrogens (tertiary/aromatic N) is 7. The van der Waals surface area contributed by atoms with Crippen LogP contribution in [0.2, 0.25) is 5.15 Å². The van der Waals surface area contributed by atoms with Gasteiger partial charge in [-0.05, 0) is 54.3 Å². The van der Waals surface area contributed by atoms with Gasteiger partial charge < -0.3 is 10.7 Å². The fourth-order valence-electron chi connectivity index (χ4n) is 7.84. The zero-order chi connectivity index (χ0) is 40.2. The summed E-state index contributed by atoms with van der Waals surface area (Å²) in [6.45, 7) is -0.982. The van der Waals surface area contributed by atoms with Gasteiger partial charge in [0.1, 0.15) is 46.4 Å². The number of hydrogen-bond acceptors (Lipinski definition) is 8. The molecular formula is C34H27Cl2F6N9O4S. The summed E-state index contributed by atoms with van der Waals surface area (Å²) in [6, 6.07) is 2.73. The molecule has 1 aromatic carbocycles. The first-order valence-corrected chi connectivity index (χ1v) is 19.4. The van der Waals surface area contributed by atoms with Crippen molar-refractivity contribution in [2.45, 2.75) is 49.7 Å². The van der Waals surface area contributed by atoms with E-state index in [1.54, 1.807) is 0 Å². The number of benzene rings is 1. The molecule has 0 radical (unpaired) electrons. The number of carbonyl (C=O) groups excluding carboxylic acids is 1. The fourth-order valence-corrected chi connectivity index (χ4v) is 8.78. The largest absolute Gasteiger partial charge is 0.344 e. The molecule has 1 saturated heterocycles. The number of hydrazine groups is 1. The number of amides is 1. The molecule has 2 fully saturated rings. The molecule has 3 aliphatic carbocycles. The molecule has 56 heavy (non-hydrogen) atoms. The first kappa shape index (κ1) is 38.1. The molecule has 3 aromatic heterocycles. The van der Waals surface area contributed by atoms with Crippen LogP contribution in [0.3, 0.4) is 0 Å². The maximum atomic E-state index is 15.4. The van der Waals surface area contributed by atoms with Gasteiger partial charge in [-0.2, -0.15) is 13.9 Å². The van der Waals surface area contributed by atoms with E-state index >= 15 is 8.78 Å². The van der Waals surface area contributed by atoms with Gasteiger partial charge in [-0.1, -0.05) is 23.2 Å². The highest BCUT2D eigenvalue weighted by atomic mass is 35.5. The number of fused-ring (bicyclic) bond motifs is 5. The molecular weight excluding hydrogens is 815 g/mol. The Morgan fingerprint density at radius 2 is 1.84 bits per heavy atom. The van der Waals surface area contributed by atoms with Crippen LogP contribution in [0.1, 0.15) is 53.1 Å². The molecule has 4 aromatic rings. The van der Waals surface area contributed by atoms with Crippen LogP contribution in [-0.4, -0.2) is 68.8 Å². The van der Waals surface area contributed by atoms with Gasteiger partial charge in [0.2, 0.25) is 5.91 Å². The molecule has 0 spiro atoms. The monoisotopic (exact) mass is 841 g/mol. The number of pyridine rings is 1. The molecule has 1 saturated carbocycles. The second kappa shape index (κ2) is 13.4. The lowest BCUT2D eigenvalue weighted by Crippen LogP contribution is -2.43. The van der Waals surface area contributed by atoms with E-state index in [-0.39, 0.29) is 56.1 Å². The summed E-state index contributed by atoms with van der Waals surface area (Å²) in [6.07, 6.45) is 0.0494. The van der Waals surface area contributed by atoms with Crippen molar-refractivity contribution in [2.75, 3.05) is 13.3 Å². The van der Waals surface area contributed by atoms with Gasteiger partial charge in [-0.15, -0.1) is 4.40 Å². The van der Waals surface area contributed by atoms with Gasteiger partial charge in [-0.25, -0.2) is 41.0 Å². The molecule has 1 amide bonds. The molecule has 0 bridgehead atoms. The summed E-state index contributed by atoms with van der Waals surface area (Å²) in [5.41, 5.74) is 0.00488. The third-order valence-corrected chi connectivity index (χ3v) is 11.1. The van der Waals surface area contributed by atoms with E-state index in [0.717, 1.165) is 23.0 Å². The standard InChI is InChI=1S/C34H27Cl2F6N9O4S/c1-49-27-21(5-4-19(35)25(27)31(47-49)48-56(2,54)55)51-32(45-30-16(33(51)53)3-6-22(36)44-30)20(9-13-7-14(37)10-15(38)8-13)43-23(52)12-50-28-24(26(46-50)29(39)40)17-11-18(17)34(28,41)42/h3-8,10,17-18,20,25,27,29H,9,11-12H2,1-2H3,(H,43,52)(H,47,48)/t17-,18+,20-,25?,27?/m0/s1. The van der Waals surface area contributed by atoms with Crippen molar-refractivity contribution in [1.29, 1.82) is 0 Å². The summed E-state index contributed by atoms with van der Waals surface area (Å²) in [5, 5.41) is 7.74. The topological polar surface area (TPSA) is 156 Å². The zero-order valence-corrected chi connectivity index (χ0v) is 31.2. The number of rotatable bonds is 9. The van der Waals surface area contributed by atoms with Crippen molar-refractivity contribution in [3.63, 3.8) is 0 Å². The second-order valence-electron chi connectivity index (χ2n) is 13.9. The van der Waals surface area contributed by atoms with Crippen molar-refractivity contribution >= 4 is 61.7 Å². The minimum absolute atomic E-state index is 0.00247. The molecule has 2 unspecified atom stereocenters. The minimum Gasteiger partial charge on any atom is -0.344 e. The number of likely N-dealkylation sites (N-methyl/N-ethyl adjacent to an activating group) is 1. The van der Waals surface area contributed by atoms with Crippen molar-refractivity contribution in [1.82, 2.24) is 40.1 Å². The highest BCUT2D eigenvalue weighted by molar-refractivity contribution is 7.89. The van der Waals surface area contributed by atoms with Gasteiger partial charge in [-0.3, -0.25) is 18.8 Å². The Hall–Kier alpha value is -4.79. The Morgan fingerprint density at radius 3 is 2.52 bits per heavy atom. The van der Waals surface area contributed by atoms with E-state index in [2.05, 4.69) is 30.2 Å². The van der Waals surface area contributed by atoms with Crippen LogP contribution in [0.15, 0.2) is 56.7 Å². The molecule has 294 valence electrons. The van der Waals surface area contributed by atoms with Crippen LogP contribution in [-0.2, 0) is 33.7 Å². The Labute approximate surface area is 322 Å². The minimum atomic E-state index is -3.96. The molecule has 22 heteroatoms. The highest BCUT2D eigenvalue weighted by Crippen LogP contribution is 2.68. The Bertz CT molecular complexity index is 2610. The Balaban J connectivity index is 1.28. The van der Waals surface area contributed by atoms with Gasteiger partial charge in [0.25, 0.3) is 27.9 Å². The number of allylic oxidation sites excluding steroid dienone is 2. The summed E-state index contributed by atoms with van der Waals surface area (Å²) in [5.74, 6) is -9.93. The van der Waals surface area contributed by atoms with Gasteiger partial charge in [0.15, 0.2) is 5.65 Å². The zero-order valence-electron chi connectivity index (χ0n) is 28.8. The third kappa shape index (κ3) is 6.54.